The highest BCUT2D eigenvalue weighted by atomic mass is 16.6. The third kappa shape index (κ3) is 6.26. The molecule has 1 unspecified atom stereocenters. The molecule has 1 N–H and O–H groups in total. The van der Waals surface area contributed by atoms with E-state index in [1.807, 2.05) is 32.9 Å². The van der Waals surface area contributed by atoms with E-state index in [0.717, 1.165) is 17.2 Å². The standard InChI is InChI=1S/C21H34N2O2/c1-16(17-11-7-6-8-12-17)22-19-14-10-9-13-18(19)15-23(5)20(24)25-21(2,3)4/h9-10,13-14,16-17,22H,6-8,11-12,15H2,1-5H3. The van der Waals surface area contributed by atoms with Crippen molar-refractivity contribution in [2.45, 2.75) is 78.0 Å². The van der Waals surface area contributed by atoms with Crippen LogP contribution < -0.4 is 5.32 Å². The highest BCUT2D eigenvalue weighted by Crippen LogP contribution is 2.29. The first kappa shape index (κ1) is 19.6. The summed E-state index contributed by atoms with van der Waals surface area (Å²) in [5.74, 6) is 0.741. The van der Waals surface area contributed by atoms with Gasteiger partial charge in [-0.2, -0.15) is 0 Å². The van der Waals surface area contributed by atoms with Crippen LogP contribution in [0.2, 0.25) is 0 Å². The summed E-state index contributed by atoms with van der Waals surface area (Å²) in [5.41, 5.74) is 1.77. The third-order valence-corrected chi connectivity index (χ3v) is 4.87. The second-order valence-corrected chi connectivity index (χ2v) is 8.32. The Kier molecular flexibility index (Phi) is 6.74. The number of nitrogens with one attached hydrogen (secondary N) is 1. The fraction of sp³-hybridized carbons (Fsp3) is 0.667. The van der Waals surface area contributed by atoms with Crippen molar-refractivity contribution in [1.29, 1.82) is 0 Å². The smallest absolute Gasteiger partial charge is 0.410 e. The lowest BCUT2D eigenvalue weighted by molar-refractivity contribution is 0.0285. The van der Waals surface area contributed by atoms with E-state index in [4.69, 9.17) is 4.74 Å². The van der Waals surface area contributed by atoms with Gasteiger partial charge in [-0.25, -0.2) is 4.79 Å². The summed E-state index contributed by atoms with van der Waals surface area (Å²) in [4.78, 5) is 13.9. The average molecular weight is 347 g/mol. The molecule has 0 aromatic heterocycles. The highest BCUT2D eigenvalue weighted by Gasteiger charge is 2.22. The summed E-state index contributed by atoms with van der Waals surface area (Å²) >= 11 is 0. The third-order valence-electron chi connectivity index (χ3n) is 4.87. The number of hydrogen-bond acceptors (Lipinski definition) is 3. The predicted molar refractivity (Wildman–Crippen MR) is 104 cm³/mol. The Hall–Kier alpha value is -1.71. The van der Waals surface area contributed by atoms with Gasteiger partial charge < -0.3 is 15.0 Å². The molecular weight excluding hydrogens is 312 g/mol. The molecule has 1 fully saturated rings. The highest BCUT2D eigenvalue weighted by molar-refractivity contribution is 5.68. The number of nitrogens with zero attached hydrogens (tertiary/aromatic N) is 1. The number of para-hydroxylation sites is 1. The van der Waals surface area contributed by atoms with Gasteiger partial charge in [-0.05, 0) is 58.1 Å². The fourth-order valence-electron chi connectivity index (χ4n) is 3.46. The molecule has 0 spiro atoms. The molecule has 0 heterocycles. The average Bonchev–Trinajstić information content (AvgIpc) is 2.55. The number of ether oxygens (including phenoxy) is 1. The quantitative estimate of drug-likeness (QED) is 0.772. The number of carbonyl (C=O) groups is 1. The topological polar surface area (TPSA) is 41.6 Å². The van der Waals surface area contributed by atoms with E-state index in [-0.39, 0.29) is 6.09 Å². The first-order valence-corrected chi connectivity index (χ1v) is 9.55. The summed E-state index contributed by atoms with van der Waals surface area (Å²) in [6, 6.07) is 8.71. The van der Waals surface area contributed by atoms with Crippen molar-refractivity contribution in [2.24, 2.45) is 5.92 Å². The number of anilines is 1. The predicted octanol–water partition coefficient (Wildman–Crippen LogP) is 5.43. The zero-order chi connectivity index (χ0) is 18.4. The molecule has 4 heteroatoms. The van der Waals surface area contributed by atoms with E-state index >= 15 is 0 Å². The minimum Gasteiger partial charge on any atom is -0.444 e. The minimum atomic E-state index is -0.474. The lowest BCUT2D eigenvalue weighted by Crippen LogP contribution is -2.34. The SMILES string of the molecule is CC(Nc1ccccc1CN(C)C(=O)OC(C)(C)C)C1CCCCC1. The van der Waals surface area contributed by atoms with Crippen molar-refractivity contribution in [1.82, 2.24) is 4.90 Å². The van der Waals surface area contributed by atoms with Crippen LogP contribution in [0.3, 0.4) is 0 Å². The molecule has 0 aliphatic heterocycles. The summed E-state index contributed by atoms with van der Waals surface area (Å²) < 4.78 is 5.45. The van der Waals surface area contributed by atoms with Crippen LogP contribution in [-0.2, 0) is 11.3 Å². The van der Waals surface area contributed by atoms with Crippen molar-refractivity contribution in [3.63, 3.8) is 0 Å². The zero-order valence-electron chi connectivity index (χ0n) is 16.5. The van der Waals surface area contributed by atoms with Gasteiger partial charge >= 0.3 is 6.09 Å². The van der Waals surface area contributed by atoms with Crippen molar-refractivity contribution in [2.75, 3.05) is 12.4 Å². The van der Waals surface area contributed by atoms with E-state index in [1.165, 1.54) is 32.1 Å². The van der Waals surface area contributed by atoms with Crippen LogP contribution in [0, 0.1) is 5.92 Å². The fourth-order valence-corrected chi connectivity index (χ4v) is 3.46. The molecule has 25 heavy (non-hydrogen) atoms. The van der Waals surface area contributed by atoms with Crippen molar-refractivity contribution in [3.05, 3.63) is 29.8 Å². The molecule has 1 saturated carbocycles. The Balaban J connectivity index is 2.00. The van der Waals surface area contributed by atoms with E-state index in [9.17, 15) is 4.79 Å². The monoisotopic (exact) mass is 346 g/mol. The number of amides is 1. The molecule has 1 aliphatic rings. The summed E-state index contributed by atoms with van der Waals surface area (Å²) in [5, 5.41) is 3.69. The molecular formula is C21H34N2O2. The van der Waals surface area contributed by atoms with E-state index in [0.29, 0.717) is 12.6 Å². The second-order valence-electron chi connectivity index (χ2n) is 8.32. The zero-order valence-corrected chi connectivity index (χ0v) is 16.5. The molecule has 140 valence electrons. The minimum absolute atomic E-state index is 0.289. The van der Waals surface area contributed by atoms with E-state index < -0.39 is 5.60 Å². The maximum atomic E-state index is 12.2. The molecule has 4 nitrogen and oxygen atoms in total. The number of hydrogen-bond donors (Lipinski definition) is 1. The Morgan fingerprint density at radius 1 is 1.24 bits per heavy atom. The van der Waals surface area contributed by atoms with Crippen LogP contribution >= 0.6 is 0 Å². The van der Waals surface area contributed by atoms with Gasteiger partial charge in [0, 0.05) is 18.8 Å². The van der Waals surface area contributed by atoms with Gasteiger partial charge in [0.25, 0.3) is 0 Å². The Labute approximate surface area is 152 Å². The molecule has 0 radical (unpaired) electrons. The van der Waals surface area contributed by atoms with Gasteiger partial charge in [-0.15, -0.1) is 0 Å². The molecule has 1 atom stereocenters. The lowest BCUT2D eigenvalue weighted by Gasteiger charge is -2.30. The van der Waals surface area contributed by atoms with Gasteiger partial charge in [0.15, 0.2) is 0 Å². The molecule has 2 rings (SSSR count). The maximum Gasteiger partial charge on any atom is 0.410 e. The van der Waals surface area contributed by atoms with Crippen LogP contribution in [0.5, 0.6) is 0 Å². The first-order chi connectivity index (χ1) is 11.8. The van der Waals surface area contributed by atoms with Crippen molar-refractivity contribution >= 4 is 11.8 Å². The normalized spacial score (nSPS) is 17.0. The van der Waals surface area contributed by atoms with Crippen molar-refractivity contribution in [3.8, 4) is 0 Å². The van der Waals surface area contributed by atoms with Gasteiger partial charge in [0.1, 0.15) is 5.60 Å². The Bertz CT molecular complexity index is 559. The summed E-state index contributed by atoms with van der Waals surface area (Å²) in [7, 11) is 1.79. The summed E-state index contributed by atoms with van der Waals surface area (Å²) in [6.45, 7) is 8.49. The molecule has 0 saturated heterocycles. The summed E-state index contributed by atoms with van der Waals surface area (Å²) in [6.07, 6.45) is 6.41. The van der Waals surface area contributed by atoms with Crippen molar-refractivity contribution < 1.29 is 9.53 Å². The molecule has 1 aromatic carbocycles. The Morgan fingerprint density at radius 3 is 2.52 bits per heavy atom. The number of carbonyl (C=O) groups excluding carboxylic acids is 1. The van der Waals surface area contributed by atoms with Gasteiger partial charge in [0.2, 0.25) is 0 Å². The molecule has 1 aliphatic carbocycles. The largest absolute Gasteiger partial charge is 0.444 e. The van der Waals surface area contributed by atoms with Crippen LogP contribution in [0.4, 0.5) is 10.5 Å². The first-order valence-electron chi connectivity index (χ1n) is 9.55. The molecule has 1 aromatic rings. The van der Waals surface area contributed by atoms with E-state index in [2.05, 4.69) is 24.4 Å². The van der Waals surface area contributed by atoms with E-state index in [1.54, 1.807) is 11.9 Å². The molecule has 0 bridgehead atoms. The van der Waals surface area contributed by atoms with Crippen LogP contribution in [0.25, 0.3) is 0 Å². The van der Waals surface area contributed by atoms with Crippen LogP contribution in [-0.4, -0.2) is 29.7 Å². The number of rotatable bonds is 5. The van der Waals surface area contributed by atoms with Gasteiger partial charge in [0.05, 0.1) is 6.54 Å². The molecule has 1 amide bonds. The second kappa shape index (κ2) is 8.59. The van der Waals surface area contributed by atoms with Gasteiger partial charge in [-0.3, -0.25) is 0 Å². The van der Waals surface area contributed by atoms with Crippen LogP contribution in [0.1, 0.15) is 65.4 Å². The lowest BCUT2D eigenvalue weighted by atomic mass is 9.84. The van der Waals surface area contributed by atoms with Crippen LogP contribution in [0.15, 0.2) is 24.3 Å². The Morgan fingerprint density at radius 2 is 1.88 bits per heavy atom. The maximum absolute atomic E-state index is 12.2. The van der Waals surface area contributed by atoms with Gasteiger partial charge in [-0.1, -0.05) is 37.5 Å². The number of benzene rings is 1.